The second-order valence-electron chi connectivity index (χ2n) is 22.3. The van der Waals surface area contributed by atoms with E-state index in [0.717, 1.165) is 80.2 Å². The SMILES string of the molecule is CCCCc1ccc(N(c2ccc(CCCC)cc2)c2ccc3c(c2)N(c2ccc(-c4ccccc4)cc2C)c2cc4c(oc5ccccc54)c4c2B3N(c2ccc(C(C)(C)C)cc2)c2cc3ccccc3cc2-4)cc1. The minimum atomic E-state index is -0.217. The van der Waals surface area contributed by atoms with E-state index in [-0.39, 0.29) is 12.3 Å². The zero-order valence-corrected chi connectivity index (χ0v) is 44.7. The molecule has 0 unspecified atom stereocenters. The summed E-state index contributed by atoms with van der Waals surface area (Å²) in [5, 5.41) is 4.63. The summed E-state index contributed by atoms with van der Waals surface area (Å²) in [4.78, 5) is 7.69. The molecule has 2 aliphatic heterocycles. The van der Waals surface area contributed by atoms with Gasteiger partial charge in [0.25, 0.3) is 0 Å². The minimum absolute atomic E-state index is 0.000988. The Morgan fingerprint density at radius 3 is 1.80 bits per heavy atom. The molecule has 0 atom stereocenters. The number of aryl methyl sites for hydroxylation is 3. The smallest absolute Gasteiger partial charge is 0.333 e. The lowest BCUT2D eigenvalue weighted by atomic mass is 9.43. The van der Waals surface area contributed by atoms with Gasteiger partial charge in [-0.1, -0.05) is 169 Å². The molecule has 2 aliphatic rings. The molecule has 76 heavy (non-hydrogen) atoms. The number of furan rings is 1. The van der Waals surface area contributed by atoms with E-state index >= 15 is 0 Å². The first-order valence-electron chi connectivity index (χ1n) is 27.6. The standard InChI is InChI=1S/C71H64BN3O/c1-7-9-18-48-26-33-55(34-27-48)73(56-35-28-49(29-36-56)19-10-8-2)58-39-40-62-65(45-58)74(63-41-30-53(42-47(63)3)50-20-12-11-13-21-50)66-46-60-59-24-16-17-25-67(59)76-70(60)68-61-43-51-22-14-15-23-52(51)44-64(61)75(72(62)69(66)68)57-37-31-54(32-38-57)71(4,5)6/h11-17,20-46H,7-10,18-19H2,1-6H3. The molecule has 5 heteroatoms. The van der Waals surface area contributed by atoms with Gasteiger partial charge in [0, 0.05) is 67.4 Å². The van der Waals surface area contributed by atoms with E-state index in [4.69, 9.17) is 4.42 Å². The number of unbranched alkanes of at least 4 members (excludes halogenated alkanes) is 2. The van der Waals surface area contributed by atoms with Crippen molar-refractivity contribution in [1.29, 1.82) is 0 Å². The molecule has 3 heterocycles. The van der Waals surface area contributed by atoms with Crippen LogP contribution < -0.4 is 25.5 Å². The molecule has 4 nitrogen and oxygen atoms in total. The molecule has 0 saturated carbocycles. The van der Waals surface area contributed by atoms with Crippen molar-refractivity contribution in [2.45, 2.75) is 85.5 Å². The van der Waals surface area contributed by atoms with E-state index < -0.39 is 0 Å². The van der Waals surface area contributed by atoms with Gasteiger partial charge in [-0.25, -0.2) is 0 Å². The number of nitrogens with zero attached hydrogens (tertiary/aromatic N) is 3. The van der Waals surface area contributed by atoms with Crippen molar-refractivity contribution in [2.24, 2.45) is 0 Å². The summed E-state index contributed by atoms with van der Waals surface area (Å²) in [5.41, 5.74) is 23.4. The highest BCUT2D eigenvalue weighted by Crippen LogP contribution is 2.53. The maximum Gasteiger partial charge on any atom is 0.333 e. The molecule has 11 aromatic rings. The van der Waals surface area contributed by atoms with Gasteiger partial charge in [-0.15, -0.1) is 0 Å². The lowest BCUT2D eigenvalue weighted by Crippen LogP contribution is -2.61. The van der Waals surface area contributed by atoms with Crippen molar-refractivity contribution in [3.63, 3.8) is 0 Å². The Morgan fingerprint density at radius 2 is 1.14 bits per heavy atom. The van der Waals surface area contributed by atoms with Gasteiger partial charge in [0.15, 0.2) is 0 Å². The topological polar surface area (TPSA) is 22.9 Å². The third-order valence-corrected chi connectivity index (χ3v) is 16.2. The monoisotopic (exact) mass is 986 g/mol. The highest BCUT2D eigenvalue weighted by Gasteiger charge is 2.47. The van der Waals surface area contributed by atoms with Crippen LogP contribution in [0.3, 0.4) is 0 Å². The van der Waals surface area contributed by atoms with Crippen LogP contribution in [0.2, 0.25) is 0 Å². The van der Waals surface area contributed by atoms with Crippen LogP contribution in [-0.2, 0) is 18.3 Å². The van der Waals surface area contributed by atoms with E-state index in [9.17, 15) is 0 Å². The fraction of sp³-hybridized carbons (Fsp3) is 0.183. The molecule has 13 rings (SSSR count). The van der Waals surface area contributed by atoms with Crippen molar-refractivity contribution in [3.05, 3.63) is 229 Å². The first-order chi connectivity index (χ1) is 37.1. The number of fused-ring (bicyclic) bond motifs is 9. The second-order valence-corrected chi connectivity index (χ2v) is 22.3. The van der Waals surface area contributed by atoms with Crippen molar-refractivity contribution >= 4 is 96.0 Å². The second kappa shape index (κ2) is 19.1. The molecular formula is C71H64BN3O. The number of hydrogen-bond acceptors (Lipinski definition) is 4. The highest BCUT2D eigenvalue weighted by atomic mass is 16.3. The Balaban J connectivity index is 1.12. The first-order valence-corrected chi connectivity index (χ1v) is 27.6. The van der Waals surface area contributed by atoms with Crippen LogP contribution in [0.4, 0.5) is 45.5 Å². The Labute approximate surface area is 449 Å². The number of benzene rings is 10. The van der Waals surface area contributed by atoms with E-state index in [0.29, 0.717) is 0 Å². The average Bonchev–Trinajstić information content (AvgIpc) is 3.99. The van der Waals surface area contributed by atoms with Crippen molar-refractivity contribution in [1.82, 2.24) is 0 Å². The predicted octanol–water partition coefficient (Wildman–Crippen LogP) is 18.9. The van der Waals surface area contributed by atoms with Gasteiger partial charge >= 0.3 is 6.85 Å². The molecule has 0 amide bonds. The summed E-state index contributed by atoms with van der Waals surface area (Å²) < 4.78 is 7.17. The van der Waals surface area contributed by atoms with Crippen molar-refractivity contribution < 1.29 is 4.42 Å². The third kappa shape index (κ3) is 8.16. The molecule has 10 aromatic carbocycles. The number of anilines is 8. The number of hydrogen-bond donors (Lipinski definition) is 0. The molecule has 1 aromatic heterocycles. The van der Waals surface area contributed by atoms with E-state index in [1.165, 1.54) is 92.0 Å². The van der Waals surface area contributed by atoms with Gasteiger partial charge in [0.1, 0.15) is 11.2 Å². The predicted molar refractivity (Wildman–Crippen MR) is 326 cm³/mol. The number of para-hydroxylation sites is 1. The van der Waals surface area contributed by atoms with Gasteiger partial charge in [0.05, 0.1) is 0 Å². The van der Waals surface area contributed by atoms with Crippen LogP contribution in [0.1, 0.15) is 82.6 Å². The van der Waals surface area contributed by atoms with Crippen LogP contribution in [-0.4, -0.2) is 6.85 Å². The molecular weight excluding hydrogens is 922 g/mol. The fourth-order valence-electron chi connectivity index (χ4n) is 12.2. The molecule has 0 radical (unpaired) electrons. The van der Waals surface area contributed by atoms with Crippen LogP contribution >= 0.6 is 0 Å². The summed E-state index contributed by atoms with van der Waals surface area (Å²) in [6.45, 7) is 13.5. The van der Waals surface area contributed by atoms with Crippen molar-refractivity contribution in [3.8, 4) is 22.3 Å². The molecule has 0 spiro atoms. The Hall–Kier alpha value is -8.28. The maximum absolute atomic E-state index is 7.17. The summed E-state index contributed by atoms with van der Waals surface area (Å²) in [5.74, 6) is 0. The summed E-state index contributed by atoms with van der Waals surface area (Å²) in [6.07, 6.45) is 6.87. The quantitative estimate of drug-likeness (QED) is 0.114. The lowest BCUT2D eigenvalue weighted by Gasteiger charge is -2.46. The van der Waals surface area contributed by atoms with Crippen LogP contribution in [0.25, 0.3) is 55.0 Å². The number of rotatable bonds is 12. The Morgan fingerprint density at radius 1 is 0.513 bits per heavy atom. The molecule has 0 N–H and O–H groups in total. The van der Waals surface area contributed by atoms with Gasteiger partial charge in [0.2, 0.25) is 0 Å². The summed E-state index contributed by atoms with van der Waals surface area (Å²) >= 11 is 0. The van der Waals surface area contributed by atoms with Gasteiger partial charge < -0.3 is 19.0 Å². The Kier molecular flexibility index (Phi) is 11.9. The molecule has 0 saturated heterocycles. The Bertz CT molecular complexity index is 3910. The van der Waals surface area contributed by atoms with Crippen LogP contribution in [0, 0.1) is 6.92 Å². The summed E-state index contributed by atoms with van der Waals surface area (Å²) in [7, 11) is 0. The molecule has 0 fully saturated rings. The third-order valence-electron chi connectivity index (χ3n) is 16.2. The van der Waals surface area contributed by atoms with E-state index in [2.05, 4.69) is 262 Å². The molecule has 372 valence electrons. The van der Waals surface area contributed by atoms with Crippen molar-refractivity contribution in [2.75, 3.05) is 14.6 Å². The van der Waals surface area contributed by atoms with E-state index in [1.54, 1.807) is 0 Å². The van der Waals surface area contributed by atoms with Gasteiger partial charge in [-0.3, -0.25) is 0 Å². The zero-order chi connectivity index (χ0) is 51.7. The lowest BCUT2D eigenvalue weighted by molar-refractivity contribution is 0.590. The first kappa shape index (κ1) is 47.4. The van der Waals surface area contributed by atoms with Crippen LogP contribution in [0.15, 0.2) is 211 Å². The molecule has 0 bridgehead atoms. The van der Waals surface area contributed by atoms with Crippen LogP contribution in [0.5, 0.6) is 0 Å². The van der Waals surface area contributed by atoms with Gasteiger partial charge in [-0.2, -0.15) is 0 Å². The average molecular weight is 986 g/mol. The minimum Gasteiger partial charge on any atom is -0.455 e. The van der Waals surface area contributed by atoms with Gasteiger partial charge in [-0.05, 0) is 178 Å². The fourth-order valence-corrected chi connectivity index (χ4v) is 12.2. The molecule has 0 aliphatic carbocycles. The van der Waals surface area contributed by atoms with E-state index in [1.807, 2.05) is 0 Å². The normalized spacial score (nSPS) is 12.8. The zero-order valence-electron chi connectivity index (χ0n) is 44.7. The largest absolute Gasteiger partial charge is 0.455 e. The highest BCUT2D eigenvalue weighted by molar-refractivity contribution is 6.94. The maximum atomic E-state index is 7.17. The summed E-state index contributed by atoms with van der Waals surface area (Å²) in [6, 6.07) is 77.8.